The second kappa shape index (κ2) is 11.7. The van der Waals surface area contributed by atoms with Crippen molar-refractivity contribution in [3.05, 3.63) is 69.7 Å². The molecule has 2 fully saturated rings. The van der Waals surface area contributed by atoms with Gasteiger partial charge in [-0.25, -0.2) is 0 Å². The molecule has 2 aliphatic heterocycles. The molecule has 2 aliphatic rings. The average Bonchev–Trinajstić information content (AvgIpc) is 3.30. The normalized spacial score (nSPS) is 28.8. The lowest BCUT2D eigenvalue weighted by atomic mass is 9.83. The number of aliphatic hydroxyl groups is 3. The van der Waals surface area contributed by atoms with Gasteiger partial charge >= 0.3 is 5.97 Å². The van der Waals surface area contributed by atoms with Crippen LogP contribution in [0.5, 0.6) is 0 Å². The summed E-state index contributed by atoms with van der Waals surface area (Å²) in [6.45, 7) is 5.57. The van der Waals surface area contributed by atoms with Crippen molar-refractivity contribution in [2.45, 2.75) is 69.7 Å². The summed E-state index contributed by atoms with van der Waals surface area (Å²) in [5, 5.41) is 37.0. The Morgan fingerprint density at radius 3 is 2.55 bits per heavy atom. The molecule has 2 aromatic carbocycles. The minimum Gasteiger partial charge on any atom is -0.462 e. The van der Waals surface area contributed by atoms with Gasteiger partial charge in [-0.1, -0.05) is 54.0 Å². The number of aliphatic hydroxyl groups excluding tert-OH is 3. The number of ether oxygens (including phenoxy) is 3. The van der Waals surface area contributed by atoms with Crippen LogP contribution in [0.2, 0.25) is 5.02 Å². The van der Waals surface area contributed by atoms with E-state index >= 15 is 0 Å². The van der Waals surface area contributed by atoms with Crippen LogP contribution in [-0.4, -0.2) is 70.7 Å². The maximum absolute atomic E-state index is 12.0. The van der Waals surface area contributed by atoms with Gasteiger partial charge in [-0.3, -0.25) is 4.79 Å². The van der Waals surface area contributed by atoms with Crippen molar-refractivity contribution in [3.8, 4) is 0 Å². The number of fused-ring (bicyclic) bond motifs is 2. The van der Waals surface area contributed by atoms with Crippen LogP contribution in [0.3, 0.4) is 0 Å². The van der Waals surface area contributed by atoms with Crippen LogP contribution in [0, 0.1) is 0 Å². The van der Waals surface area contributed by atoms with Crippen LogP contribution in [0.4, 0.5) is 0 Å². The maximum atomic E-state index is 12.0. The van der Waals surface area contributed by atoms with Gasteiger partial charge in [0.25, 0.3) is 0 Å². The lowest BCUT2D eigenvalue weighted by Gasteiger charge is -2.46. The molecule has 4 rings (SSSR count). The SMILES string of the molecule is CCCC(=O)OC[C@@]12CO[C@@](c3ccc(Cl)c(Cc4ccc(/C(C)=N/OCC)cc4)c3)(O1)[C@H](O)[C@@H](O)[C@@H]2O. The molecule has 0 spiro atoms. The first-order chi connectivity index (χ1) is 18.2. The van der Waals surface area contributed by atoms with Crippen molar-refractivity contribution in [2.24, 2.45) is 5.16 Å². The molecule has 0 saturated carbocycles. The Morgan fingerprint density at radius 2 is 1.87 bits per heavy atom. The highest BCUT2D eigenvalue weighted by atomic mass is 35.5. The van der Waals surface area contributed by atoms with Crippen molar-refractivity contribution in [2.75, 3.05) is 19.8 Å². The van der Waals surface area contributed by atoms with Gasteiger partial charge in [-0.2, -0.15) is 0 Å². The van der Waals surface area contributed by atoms with Crippen molar-refractivity contribution in [1.29, 1.82) is 0 Å². The molecule has 3 N–H and O–H groups in total. The Bertz CT molecular complexity index is 1170. The fraction of sp³-hybridized carbons (Fsp3) is 0.500. The summed E-state index contributed by atoms with van der Waals surface area (Å²) in [6, 6.07) is 12.9. The summed E-state index contributed by atoms with van der Waals surface area (Å²) in [4.78, 5) is 17.1. The van der Waals surface area contributed by atoms with Gasteiger partial charge in [0.05, 0.1) is 12.3 Å². The lowest BCUT2D eigenvalue weighted by molar-refractivity contribution is -0.330. The molecule has 0 aliphatic carbocycles. The Kier molecular flexibility index (Phi) is 8.76. The zero-order valence-electron chi connectivity index (χ0n) is 21.7. The summed E-state index contributed by atoms with van der Waals surface area (Å²) in [6.07, 6.45) is -3.42. The number of nitrogens with zero attached hydrogens (tertiary/aromatic N) is 1. The number of halogens is 1. The van der Waals surface area contributed by atoms with E-state index in [-0.39, 0.29) is 19.6 Å². The topological polar surface area (TPSA) is 127 Å². The highest BCUT2D eigenvalue weighted by Crippen LogP contribution is 2.50. The summed E-state index contributed by atoms with van der Waals surface area (Å²) in [5.74, 6) is -2.22. The second-order valence-electron chi connectivity index (χ2n) is 9.69. The molecule has 0 amide bonds. The number of hydrogen-bond donors (Lipinski definition) is 3. The molecule has 2 heterocycles. The molecular formula is C28H34ClNO8. The van der Waals surface area contributed by atoms with Crippen molar-refractivity contribution in [3.63, 3.8) is 0 Å². The third-order valence-electron chi connectivity index (χ3n) is 6.94. The van der Waals surface area contributed by atoms with Crippen LogP contribution in [0.15, 0.2) is 47.6 Å². The van der Waals surface area contributed by atoms with Gasteiger partial charge in [-0.15, -0.1) is 0 Å². The lowest BCUT2D eigenvalue weighted by Crippen LogP contribution is -2.65. The van der Waals surface area contributed by atoms with Crippen molar-refractivity contribution >= 4 is 23.3 Å². The smallest absolute Gasteiger partial charge is 0.305 e. The monoisotopic (exact) mass is 547 g/mol. The molecule has 9 nitrogen and oxygen atoms in total. The van der Waals surface area contributed by atoms with E-state index < -0.39 is 35.7 Å². The molecule has 2 saturated heterocycles. The quantitative estimate of drug-likeness (QED) is 0.235. The fourth-order valence-electron chi connectivity index (χ4n) is 4.76. The molecule has 10 heteroatoms. The van der Waals surface area contributed by atoms with Crippen molar-refractivity contribution < 1.29 is 39.2 Å². The number of oxime groups is 1. The number of carbonyl (C=O) groups excluding carboxylic acids is 1. The molecule has 206 valence electrons. The van der Waals surface area contributed by atoms with E-state index in [0.29, 0.717) is 30.0 Å². The Morgan fingerprint density at radius 1 is 1.13 bits per heavy atom. The van der Waals surface area contributed by atoms with Crippen LogP contribution in [-0.2, 0) is 36.1 Å². The summed E-state index contributed by atoms with van der Waals surface area (Å²) in [7, 11) is 0. The molecule has 0 radical (unpaired) electrons. The van der Waals surface area contributed by atoms with Gasteiger partial charge in [0.15, 0.2) is 5.60 Å². The third kappa shape index (κ3) is 5.45. The molecule has 5 atom stereocenters. The van der Waals surface area contributed by atoms with E-state index in [1.165, 1.54) is 0 Å². The number of hydrogen-bond acceptors (Lipinski definition) is 9. The van der Waals surface area contributed by atoms with E-state index in [0.717, 1.165) is 22.4 Å². The van der Waals surface area contributed by atoms with E-state index in [9.17, 15) is 20.1 Å². The zero-order valence-corrected chi connectivity index (χ0v) is 22.5. The first-order valence-electron chi connectivity index (χ1n) is 12.7. The number of benzene rings is 2. The molecule has 38 heavy (non-hydrogen) atoms. The predicted octanol–water partition coefficient (Wildman–Crippen LogP) is 3.07. The zero-order chi connectivity index (χ0) is 27.5. The van der Waals surface area contributed by atoms with Gasteiger partial charge in [0.2, 0.25) is 5.79 Å². The molecular weight excluding hydrogens is 514 g/mol. The van der Waals surface area contributed by atoms with Gasteiger partial charge < -0.3 is 34.4 Å². The van der Waals surface area contributed by atoms with Crippen LogP contribution in [0.25, 0.3) is 0 Å². The van der Waals surface area contributed by atoms with Gasteiger partial charge in [-0.05, 0) is 55.5 Å². The van der Waals surface area contributed by atoms with E-state index in [1.807, 2.05) is 45.0 Å². The first-order valence-corrected chi connectivity index (χ1v) is 13.1. The minimum absolute atomic E-state index is 0.191. The average molecular weight is 548 g/mol. The van der Waals surface area contributed by atoms with Crippen LogP contribution in [0.1, 0.15) is 55.9 Å². The number of carbonyl (C=O) groups is 1. The van der Waals surface area contributed by atoms with Crippen LogP contribution < -0.4 is 0 Å². The third-order valence-corrected chi connectivity index (χ3v) is 7.31. The summed E-state index contributed by atoms with van der Waals surface area (Å²) in [5.41, 5.74) is 2.33. The first kappa shape index (κ1) is 28.5. The van der Waals surface area contributed by atoms with E-state index in [1.54, 1.807) is 18.2 Å². The van der Waals surface area contributed by atoms with E-state index in [2.05, 4.69) is 5.16 Å². The second-order valence-corrected chi connectivity index (χ2v) is 10.1. The Labute approximate surface area is 226 Å². The number of esters is 1. The molecule has 0 aromatic heterocycles. The molecule has 2 bridgehead atoms. The fourth-order valence-corrected chi connectivity index (χ4v) is 4.95. The van der Waals surface area contributed by atoms with Crippen LogP contribution >= 0.6 is 11.6 Å². The van der Waals surface area contributed by atoms with Gasteiger partial charge in [0, 0.05) is 17.0 Å². The highest BCUT2D eigenvalue weighted by molar-refractivity contribution is 6.31. The van der Waals surface area contributed by atoms with E-state index in [4.69, 9.17) is 30.6 Å². The standard InChI is InChI=1S/C28H34ClNO8/c1-4-6-23(31)35-15-27-16-36-28(38-27,26(34)24(32)25(27)33)21-11-12-22(29)20(14-21)13-18-7-9-19(10-8-18)17(3)30-37-5-2/h7-12,14,24-26,32-34H,4-6,13,15-16H2,1-3H3/b30-17+/t24-,25-,26+,27-,28-/m0/s1. The van der Waals surface area contributed by atoms with Gasteiger partial charge in [0.1, 0.15) is 31.5 Å². The number of rotatable bonds is 10. The molecule has 0 unspecified atom stereocenters. The Hall–Kier alpha value is -2.53. The molecule has 2 aromatic rings. The minimum atomic E-state index is -1.77. The Balaban J connectivity index is 1.59. The van der Waals surface area contributed by atoms with Crippen molar-refractivity contribution in [1.82, 2.24) is 0 Å². The largest absolute Gasteiger partial charge is 0.462 e. The summed E-state index contributed by atoms with van der Waals surface area (Å²) >= 11 is 6.53. The predicted molar refractivity (Wildman–Crippen MR) is 140 cm³/mol. The summed E-state index contributed by atoms with van der Waals surface area (Å²) < 4.78 is 17.5. The maximum Gasteiger partial charge on any atom is 0.305 e. The highest BCUT2D eigenvalue weighted by Gasteiger charge is 2.67.